The maximum atomic E-state index is 13.1. The minimum absolute atomic E-state index is 0.119. The molecular formula is C17H19N3O5. The number of rotatable bonds is 3. The van der Waals surface area contributed by atoms with Crippen LogP contribution in [0.25, 0.3) is 0 Å². The van der Waals surface area contributed by atoms with Gasteiger partial charge in [0.1, 0.15) is 6.04 Å². The van der Waals surface area contributed by atoms with Gasteiger partial charge in [0.2, 0.25) is 18.6 Å². The quantitative estimate of drug-likeness (QED) is 0.842. The molecule has 2 aliphatic rings. The molecule has 1 saturated heterocycles. The number of hydrogen-bond acceptors (Lipinski definition) is 7. The van der Waals surface area contributed by atoms with Crippen molar-refractivity contribution < 1.29 is 23.4 Å². The molecule has 0 unspecified atom stereocenters. The third-order valence-corrected chi connectivity index (χ3v) is 4.25. The van der Waals surface area contributed by atoms with E-state index in [-0.39, 0.29) is 18.6 Å². The van der Waals surface area contributed by atoms with E-state index in [1.54, 1.807) is 23.1 Å². The van der Waals surface area contributed by atoms with Crippen LogP contribution >= 0.6 is 0 Å². The van der Waals surface area contributed by atoms with Gasteiger partial charge in [0.15, 0.2) is 11.5 Å². The molecule has 8 nitrogen and oxygen atoms in total. The summed E-state index contributed by atoms with van der Waals surface area (Å²) in [5.41, 5.74) is 0.463. The number of aromatic nitrogens is 2. The fourth-order valence-electron chi connectivity index (χ4n) is 2.92. The largest absolute Gasteiger partial charge is 0.454 e. The number of morpholine rings is 1. The first kappa shape index (κ1) is 15.9. The van der Waals surface area contributed by atoms with Gasteiger partial charge in [0.25, 0.3) is 5.91 Å². The van der Waals surface area contributed by atoms with Crippen LogP contribution in [0.5, 0.6) is 11.5 Å². The average molecular weight is 345 g/mol. The number of para-hydroxylation sites is 1. The Morgan fingerprint density at radius 3 is 2.96 bits per heavy atom. The molecule has 0 aliphatic carbocycles. The smallest absolute Gasteiger partial charge is 0.258 e. The predicted molar refractivity (Wildman–Crippen MR) is 85.5 cm³/mol. The van der Waals surface area contributed by atoms with Gasteiger partial charge < -0.3 is 23.5 Å². The molecular weight excluding hydrogens is 326 g/mol. The molecule has 2 aliphatic heterocycles. The minimum atomic E-state index is -0.417. The summed E-state index contributed by atoms with van der Waals surface area (Å²) in [4.78, 5) is 14.8. The lowest BCUT2D eigenvalue weighted by atomic mass is 10.1. The van der Waals surface area contributed by atoms with Crippen molar-refractivity contribution in [3.8, 4) is 11.5 Å². The van der Waals surface area contributed by atoms with Crippen LogP contribution in [0.2, 0.25) is 0 Å². The van der Waals surface area contributed by atoms with Crippen molar-refractivity contribution in [2.45, 2.75) is 25.8 Å². The Morgan fingerprint density at radius 1 is 1.28 bits per heavy atom. The lowest BCUT2D eigenvalue weighted by Crippen LogP contribution is -2.43. The molecule has 1 aromatic carbocycles. The zero-order valence-corrected chi connectivity index (χ0v) is 14.1. The number of nitrogens with zero attached hydrogens (tertiary/aromatic N) is 3. The molecule has 0 radical (unpaired) electrons. The first-order valence-corrected chi connectivity index (χ1v) is 8.25. The Hall–Kier alpha value is -2.61. The highest BCUT2D eigenvalue weighted by molar-refractivity contribution is 5.98. The first-order valence-electron chi connectivity index (χ1n) is 8.25. The van der Waals surface area contributed by atoms with Crippen molar-refractivity contribution in [1.82, 2.24) is 15.1 Å². The minimum Gasteiger partial charge on any atom is -0.454 e. The molecule has 3 heterocycles. The highest BCUT2D eigenvalue weighted by Gasteiger charge is 2.35. The zero-order chi connectivity index (χ0) is 17.4. The van der Waals surface area contributed by atoms with E-state index in [1.807, 2.05) is 13.8 Å². The standard InChI is InChI=1S/C17H19N3O5/c1-10(2)15-18-19-16(25-15)12-8-22-7-6-20(12)17(21)11-4-3-5-13-14(11)24-9-23-13/h3-5,10,12H,6-9H2,1-2H3/t12-/m0/s1. The predicted octanol–water partition coefficient (Wildman–Crippen LogP) is 2.14. The highest BCUT2D eigenvalue weighted by atomic mass is 16.7. The van der Waals surface area contributed by atoms with Gasteiger partial charge >= 0.3 is 0 Å². The van der Waals surface area contributed by atoms with Gasteiger partial charge in [-0.05, 0) is 12.1 Å². The lowest BCUT2D eigenvalue weighted by Gasteiger charge is -2.33. The third-order valence-electron chi connectivity index (χ3n) is 4.25. The van der Waals surface area contributed by atoms with Crippen LogP contribution in [-0.4, -0.2) is 47.6 Å². The average Bonchev–Trinajstić information content (AvgIpc) is 3.30. The monoisotopic (exact) mass is 345 g/mol. The van der Waals surface area contributed by atoms with E-state index in [1.165, 1.54) is 0 Å². The van der Waals surface area contributed by atoms with Crippen LogP contribution in [0, 0.1) is 0 Å². The van der Waals surface area contributed by atoms with Gasteiger partial charge in [0.05, 0.1) is 18.8 Å². The van der Waals surface area contributed by atoms with E-state index >= 15 is 0 Å². The summed E-state index contributed by atoms with van der Waals surface area (Å²) in [6.45, 7) is 5.28. The second kappa shape index (κ2) is 6.36. The second-order valence-electron chi connectivity index (χ2n) is 6.26. The number of carbonyl (C=O) groups excluding carboxylic acids is 1. The Bertz CT molecular complexity index is 788. The van der Waals surface area contributed by atoms with Gasteiger partial charge in [0, 0.05) is 12.5 Å². The van der Waals surface area contributed by atoms with E-state index in [4.69, 9.17) is 18.6 Å². The van der Waals surface area contributed by atoms with Gasteiger partial charge in [-0.1, -0.05) is 19.9 Å². The van der Waals surface area contributed by atoms with Crippen LogP contribution in [0.4, 0.5) is 0 Å². The molecule has 1 atom stereocenters. The molecule has 25 heavy (non-hydrogen) atoms. The molecule has 0 spiro atoms. The van der Waals surface area contributed by atoms with Gasteiger partial charge in [-0.2, -0.15) is 0 Å². The summed E-state index contributed by atoms with van der Waals surface area (Å²) in [6.07, 6.45) is 0. The molecule has 0 saturated carbocycles. The van der Waals surface area contributed by atoms with Crippen LogP contribution in [0.15, 0.2) is 22.6 Å². The molecule has 1 amide bonds. The maximum absolute atomic E-state index is 13.1. The molecule has 132 valence electrons. The number of amides is 1. The molecule has 4 rings (SSSR count). The van der Waals surface area contributed by atoms with Crippen LogP contribution in [-0.2, 0) is 4.74 Å². The Labute approximate surface area is 144 Å². The van der Waals surface area contributed by atoms with Gasteiger partial charge in [-0.25, -0.2) is 0 Å². The van der Waals surface area contributed by atoms with E-state index in [2.05, 4.69) is 10.2 Å². The van der Waals surface area contributed by atoms with Crippen molar-refractivity contribution in [2.24, 2.45) is 0 Å². The van der Waals surface area contributed by atoms with Crippen LogP contribution in [0.1, 0.15) is 47.9 Å². The second-order valence-corrected chi connectivity index (χ2v) is 6.26. The Balaban J connectivity index is 1.65. The number of benzene rings is 1. The Kier molecular flexibility index (Phi) is 4.04. The normalized spacial score (nSPS) is 19.5. The maximum Gasteiger partial charge on any atom is 0.258 e. The van der Waals surface area contributed by atoms with Gasteiger partial charge in [-0.3, -0.25) is 4.79 Å². The summed E-state index contributed by atoms with van der Waals surface area (Å²) in [5.74, 6) is 1.95. The fraction of sp³-hybridized carbons (Fsp3) is 0.471. The number of fused-ring (bicyclic) bond motifs is 1. The number of carbonyl (C=O) groups is 1. The molecule has 2 aromatic rings. The molecule has 1 fully saturated rings. The molecule has 1 aromatic heterocycles. The number of ether oxygens (including phenoxy) is 3. The molecule has 0 N–H and O–H groups in total. The molecule has 0 bridgehead atoms. The fourth-order valence-corrected chi connectivity index (χ4v) is 2.92. The summed E-state index contributed by atoms with van der Waals surface area (Å²) in [5, 5.41) is 8.17. The van der Waals surface area contributed by atoms with E-state index in [0.29, 0.717) is 48.6 Å². The summed E-state index contributed by atoms with van der Waals surface area (Å²) >= 11 is 0. The highest BCUT2D eigenvalue weighted by Crippen LogP contribution is 2.37. The van der Waals surface area contributed by atoms with E-state index in [0.717, 1.165) is 0 Å². The molecule has 8 heteroatoms. The summed E-state index contributed by atoms with van der Waals surface area (Å²) in [6, 6.07) is 4.87. The van der Waals surface area contributed by atoms with Crippen molar-refractivity contribution in [3.63, 3.8) is 0 Å². The van der Waals surface area contributed by atoms with Crippen LogP contribution < -0.4 is 9.47 Å². The lowest BCUT2D eigenvalue weighted by molar-refractivity contribution is -0.0109. The van der Waals surface area contributed by atoms with E-state index < -0.39 is 6.04 Å². The first-order chi connectivity index (χ1) is 12.1. The van der Waals surface area contributed by atoms with Crippen molar-refractivity contribution in [2.75, 3.05) is 26.6 Å². The SMILES string of the molecule is CC(C)c1nnc([C@@H]2COCCN2C(=O)c2cccc3c2OCO3)o1. The van der Waals surface area contributed by atoms with Crippen molar-refractivity contribution >= 4 is 5.91 Å². The summed E-state index contributed by atoms with van der Waals surface area (Å²) in [7, 11) is 0. The van der Waals surface area contributed by atoms with Gasteiger partial charge in [-0.15, -0.1) is 10.2 Å². The van der Waals surface area contributed by atoms with Crippen molar-refractivity contribution in [3.05, 3.63) is 35.5 Å². The third kappa shape index (κ3) is 2.82. The van der Waals surface area contributed by atoms with Crippen molar-refractivity contribution in [1.29, 1.82) is 0 Å². The Morgan fingerprint density at radius 2 is 2.16 bits per heavy atom. The van der Waals surface area contributed by atoms with Crippen LogP contribution in [0.3, 0.4) is 0 Å². The summed E-state index contributed by atoms with van der Waals surface area (Å²) < 4.78 is 22.1. The van der Waals surface area contributed by atoms with E-state index in [9.17, 15) is 4.79 Å². The zero-order valence-electron chi connectivity index (χ0n) is 14.1. The number of hydrogen-bond donors (Lipinski definition) is 0. The topological polar surface area (TPSA) is 86.9 Å².